The third kappa shape index (κ3) is 4.12. The lowest BCUT2D eigenvalue weighted by Crippen LogP contribution is -2.40. The molecule has 0 aliphatic rings. The Bertz CT molecular complexity index is 1280. The Morgan fingerprint density at radius 2 is 1.38 bits per heavy atom. The quantitative estimate of drug-likeness (QED) is 0.342. The summed E-state index contributed by atoms with van der Waals surface area (Å²) in [5.41, 5.74) is 1.97. The van der Waals surface area contributed by atoms with Crippen molar-refractivity contribution in [1.82, 2.24) is 4.57 Å². The summed E-state index contributed by atoms with van der Waals surface area (Å²) in [7, 11) is 0. The van der Waals surface area contributed by atoms with Crippen LogP contribution in [0.5, 0.6) is 0 Å². The van der Waals surface area contributed by atoms with Gasteiger partial charge in [0.2, 0.25) is 0 Å². The van der Waals surface area contributed by atoms with Crippen molar-refractivity contribution < 1.29 is 14.3 Å². The number of para-hydroxylation sites is 3. The van der Waals surface area contributed by atoms with Crippen molar-refractivity contribution in [3.8, 4) is 0 Å². The molecule has 0 aliphatic heterocycles. The highest BCUT2D eigenvalue weighted by atomic mass is 16.5. The zero-order valence-electron chi connectivity index (χ0n) is 18.0. The SMILES string of the molecule is CC(C)N(C(=O)COC(=O)Cn1c2ccccc2c(=O)c2ccccc21)c1ccccc1. The molecule has 6 heteroatoms. The van der Waals surface area contributed by atoms with Gasteiger partial charge < -0.3 is 14.2 Å². The Morgan fingerprint density at radius 1 is 0.844 bits per heavy atom. The van der Waals surface area contributed by atoms with E-state index in [9.17, 15) is 14.4 Å². The summed E-state index contributed by atoms with van der Waals surface area (Å²) >= 11 is 0. The maximum Gasteiger partial charge on any atom is 0.326 e. The van der Waals surface area contributed by atoms with Gasteiger partial charge in [-0.15, -0.1) is 0 Å². The van der Waals surface area contributed by atoms with Crippen LogP contribution in [0.15, 0.2) is 83.7 Å². The van der Waals surface area contributed by atoms with Gasteiger partial charge in [0.1, 0.15) is 6.54 Å². The largest absolute Gasteiger partial charge is 0.454 e. The molecular weight excluding hydrogens is 404 g/mol. The monoisotopic (exact) mass is 428 g/mol. The average molecular weight is 428 g/mol. The molecule has 0 radical (unpaired) electrons. The highest BCUT2D eigenvalue weighted by Gasteiger charge is 2.21. The highest BCUT2D eigenvalue weighted by molar-refractivity contribution is 5.96. The van der Waals surface area contributed by atoms with Gasteiger partial charge in [0.25, 0.3) is 5.91 Å². The zero-order valence-corrected chi connectivity index (χ0v) is 18.0. The number of amides is 1. The van der Waals surface area contributed by atoms with Gasteiger partial charge in [-0.05, 0) is 50.2 Å². The van der Waals surface area contributed by atoms with Crippen molar-refractivity contribution in [3.63, 3.8) is 0 Å². The van der Waals surface area contributed by atoms with Crippen molar-refractivity contribution >= 4 is 39.4 Å². The standard InChI is InChI=1S/C26H24N2O4/c1-18(2)28(19-10-4-3-5-11-19)24(29)17-32-25(30)16-27-22-14-8-6-12-20(22)26(31)21-13-7-9-15-23(21)27/h3-15,18H,16-17H2,1-2H3. The number of carbonyl (C=O) groups is 2. The Morgan fingerprint density at radius 3 is 1.94 bits per heavy atom. The topological polar surface area (TPSA) is 68.6 Å². The van der Waals surface area contributed by atoms with E-state index in [-0.39, 0.29) is 30.5 Å². The van der Waals surface area contributed by atoms with Gasteiger partial charge in [-0.2, -0.15) is 0 Å². The minimum atomic E-state index is -0.547. The third-order valence-electron chi connectivity index (χ3n) is 5.34. The summed E-state index contributed by atoms with van der Waals surface area (Å²) in [5.74, 6) is -0.844. The first kappa shape index (κ1) is 21.3. The van der Waals surface area contributed by atoms with Crippen molar-refractivity contribution in [3.05, 3.63) is 89.1 Å². The van der Waals surface area contributed by atoms with Gasteiger partial charge in [-0.3, -0.25) is 14.4 Å². The molecule has 1 heterocycles. The fourth-order valence-electron chi connectivity index (χ4n) is 3.95. The Balaban J connectivity index is 1.58. The number of carbonyl (C=O) groups excluding carboxylic acids is 2. The molecule has 0 spiro atoms. The maximum absolute atomic E-state index is 12.8. The van der Waals surface area contributed by atoms with E-state index in [2.05, 4.69) is 0 Å². The Hall–Kier alpha value is -3.93. The normalized spacial score (nSPS) is 11.1. The molecule has 0 saturated carbocycles. The number of fused-ring (bicyclic) bond motifs is 2. The fraction of sp³-hybridized carbons (Fsp3) is 0.192. The highest BCUT2D eigenvalue weighted by Crippen LogP contribution is 2.20. The van der Waals surface area contributed by atoms with E-state index in [1.165, 1.54) is 0 Å². The van der Waals surface area contributed by atoms with E-state index in [1.807, 2.05) is 56.3 Å². The first-order valence-corrected chi connectivity index (χ1v) is 10.5. The number of esters is 1. The minimum absolute atomic E-state index is 0.0774. The van der Waals surface area contributed by atoms with Crippen molar-refractivity contribution in [2.45, 2.75) is 26.4 Å². The maximum atomic E-state index is 12.8. The van der Waals surface area contributed by atoms with Gasteiger partial charge in [-0.1, -0.05) is 42.5 Å². The Kier molecular flexibility index (Phi) is 6.03. The van der Waals surface area contributed by atoms with Crippen molar-refractivity contribution in [2.75, 3.05) is 11.5 Å². The number of anilines is 1. The molecule has 0 fully saturated rings. The smallest absolute Gasteiger partial charge is 0.326 e. The molecule has 4 rings (SSSR count). The van der Waals surface area contributed by atoms with E-state index in [0.717, 1.165) is 5.69 Å². The second-order valence-corrected chi connectivity index (χ2v) is 7.80. The van der Waals surface area contributed by atoms with Crippen LogP contribution in [0.2, 0.25) is 0 Å². The average Bonchev–Trinajstić information content (AvgIpc) is 2.81. The molecule has 162 valence electrons. The summed E-state index contributed by atoms with van der Waals surface area (Å²) in [6.45, 7) is 3.35. The summed E-state index contributed by atoms with van der Waals surface area (Å²) in [4.78, 5) is 40.0. The molecule has 6 nitrogen and oxygen atoms in total. The predicted molar refractivity (Wildman–Crippen MR) is 126 cm³/mol. The van der Waals surface area contributed by atoms with Crippen LogP contribution in [-0.2, 0) is 20.9 Å². The van der Waals surface area contributed by atoms with Crippen LogP contribution in [0.3, 0.4) is 0 Å². The lowest BCUT2D eigenvalue weighted by atomic mass is 10.1. The van der Waals surface area contributed by atoms with Crippen LogP contribution in [0.1, 0.15) is 13.8 Å². The van der Waals surface area contributed by atoms with Gasteiger partial charge in [0.15, 0.2) is 12.0 Å². The lowest BCUT2D eigenvalue weighted by molar-refractivity contribution is -0.148. The number of hydrogen-bond acceptors (Lipinski definition) is 4. The Labute approximate surface area is 185 Å². The first-order chi connectivity index (χ1) is 15.5. The molecular formula is C26H24N2O4. The number of nitrogens with zero attached hydrogens (tertiary/aromatic N) is 2. The molecule has 0 atom stereocenters. The number of aromatic nitrogens is 1. The zero-order chi connectivity index (χ0) is 22.7. The van der Waals surface area contributed by atoms with Gasteiger partial charge >= 0.3 is 5.97 Å². The molecule has 0 aliphatic carbocycles. The second-order valence-electron chi connectivity index (χ2n) is 7.80. The van der Waals surface area contributed by atoms with Gasteiger partial charge in [0.05, 0.1) is 11.0 Å². The lowest BCUT2D eigenvalue weighted by Gasteiger charge is -2.26. The molecule has 0 unspecified atom stereocenters. The van der Waals surface area contributed by atoms with E-state index >= 15 is 0 Å². The number of ether oxygens (including phenoxy) is 1. The van der Waals surface area contributed by atoms with E-state index in [4.69, 9.17) is 4.74 Å². The molecule has 0 N–H and O–H groups in total. The van der Waals surface area contributed by atoms with Crippen molar-refractivity contribution in [1.29, 1.82) is 0 Å². The third-order valence-corrected chi connectivity index (χ3v) is 5.34. The summed E-state index contributed by atoms with van der Waals surface area (Å²) < 4.78 is 7.12. The molecule has 1 aromatic heterocycles. The van der Waals surface area contributed by atoms with Crippen molar-refractivity contribution in [2.24, 2.45) is 0 Å². The van der Waals surface area contributed by atoms with Gasteiger partial charge in [-0.25, -0.2) is 0 Å². The minimum Gasteiger partial charge on any atom is -0.454 e. The number of rotatable bonds is 6. The molecule has 1 amide bonds. The summed E-state index contributed by atoms with van der Waals surface area (Å²) in [5, 5.41) is 1.07. The fourth-order valence-corrected chi connectivity index (χ4v) is 3.95. The van der Waals surface area contributed by atoms with E-state index in [1.54, 1.807) is 45.9 Å². The van der Waals surface area contributed by atoms with E-state index < -0.39 is 5.97 Å². The van der Waals surface area contributed by atoms with Crippen LogP contribution in [0.25, 0.3) is 21.8 Å². The second kappa shape index (κ2) is 9.06. The molecule has 32 heavy (non-hydrogen) atoms. The first-order valence-electron chi connectivity index (χ1n) is 10.5. The van der Waals surface area contributed by atoms with Crippen LogP contribution < -0.4 is 10.3 Å². The van der Waals surface area contributed by atoms with Crippen LogP contribution in [0, 0.1) is 0 Å². The van der Waals surface area contributed by atoms with Crippen LogP contribution in [-0.4, -0.2) is 29.1 Å². The summed E-state index contributed by atoms with van der Waals surface area (Å²) in [6.07, 6.45) is 0. The molecule has 4 aromatic rings. The number of benzene rings is 3. The molecule has 3 aromatic carbocycles. The van der Waals surface area contributed by atoms with E-state index in [0.29, 0.717) is 21.8 Å². The predicted octanol–water partition coefficient (Wildman–Crippen LogP) is 4.14. The number of hydrogen-bond donors (Lipinski definition) is 0. The number of pyridine rings is 1. The summed E-state index contributed by atoms with van der Waals surface area (Å²) in [6, 6.07) is 23.5. The van der Waals surface area contributed by atoms with Crippen LogP contribution >= 0.6 is 0 Å². The van der Waals surface area contributed by atoms with Gasteiger partial charge in [0, 0.05) is 22.5 Å². The van der Waals surface area contributed by atoms with Crippen LogP contribution in [0.4, 0.5) is 5.69 Å². The molecule has 0 saturated heterocycles. The molecule has 0 bridgehead atoms.